The van der Waals surface area contributed by atoms with E-state index in [0.29, 0.717) is 24.9 Å². The van der Waals surface area contributed by atoms with Crippen LogP contribution in [-0.4, -0.2) is 13.2 Å². The molecule has 0 saturated carbocycles. The monoisotopic (exact) mass is 180 g/mol. The average molecular weight is 180 g/mol. The molecule has 0 aromatic heterocycles. The third kappa shape index (κ3) is 2.14. The Morgan fingerprint density at radius 2 is 2.00 bits per heavy atom. The standard InChI is InChI=1S/C11H16O2/c1-5-10(8(2)3)11-9(4)12-6-7-13-11/h5,8H,1,4,6-7H2,2-3H3/b11-10-. The summed E-state index contributed by atoms with van der Waals surface area (Å²) in [6.07, 6.45) is 1.81. The van der Waals surface area contributed by atoms with Gasteiger partial charge in [0.05, 0.1) is 0 Å². The van der Waals surface area contributed by atoms with Gasteiger partial charge in [0.25, 0.3) is 0 Å². The van der Waals surface area contributed by atoms with E-state index in [1.807, 2.05) is 0 Å². The van der Waals surface area contributed by atoms with Gasteiger partial charge in [-0.1, -0.05) is 33.1 Å². The molecule has 0 atom stereocenters. The van der Waals surface area contributed by atoms with Gasteiger partial charge in [-0.25, -0.2) is 0 Å². The summed E-state index contributed by atoms with van der Waals surface area (Å²) in [7, 11) is 0. The fourth-order valence-electron chi connectivity index (χ4n) is 1.29. The molecule has 1 heterocycles. The summed E-state index contributed by atoms with van der Waals surface area (Å²) in [5.41, 5.74) is 1.06. The Bertz CT molecular complexity index is 249. The van der Waals surface area contributed by atoms with Crippen molar-refractivity contribution in [3.05, 3.63) is 36.3 Å². The van der Waals surface area contributed by atoms with Crippen molar-refractivity contribution in [1.82, 2.24) is 0 Å². The Balaban J connectivity index is 2.96. The summed E-state index contributed by atoms with van der Waals surface area (Å²) < 4.78 is 10.8. The van der Waals surface area contributed by atoms with Gasteiger partial charge in [-0.15, -0.1) is 0 Å². The summed E-state index contributed by atoms with van der Waals surface area (Å²) in [4.78, 5) is 0. The van der Waals surface area contributed by atoms with Crippen LogP contribution >= 0.6 is 0 Å². The van der Waals surface area contributed by atoms with Gasteiger partial charge in [-0.05, 0) is 11.5 Å². The fraction of sp³-hybridized carbons (Fsp3) is 0.455. The average Bonchev–Trinajstić information content (AvgIpc) is 2.09. The molecule has 1 rings (SSSR count). The second kappa shape index (κ2) is 4.17. The lowest BCUT2D eigenvalue weighted by molar-refractivity contribution is 0.0581. The maximum atomic E-state index is 5.49. The van der Waals surface area contributed by atoms with Gasteiger partial charge in [0, 0.05) is 0 Å². The highest BCUT2D eigenvalue weighted by Gasteiger charge is 2.17. The molecule has 1 saturated heterocycles. The van der Waals surface area contributed by atoms with Crippen molar-refractivity contribution in [2.24, 2.45) is 5.92 Å². The van der Waals surface area contributed by atoms with Gasteiger partial charge in [0.1, 0.15) is 13.2 Å². The molecular weight excluding hydrogens is 164 g/mol. The minimum atomic E-state index is 0.381. The van der Waals surface area contributed by atoms with Crippen molar-refractivity contribution in [3.63, 3.8) is 0 Å². The van der Waals surface area contributed by atoms with Crippen LogP contribution < -0.4 is 0 Å². The van der Waals surface area contributed by atoms with E-state index < -0.39 is 0 Å². The zero-order chi connectivity index (χ0) is 9.84. The van der Waals surface area contributed by atoms with Gasteiger partial charge < -0.3 is 9.47 Å². The van der Waals surface area contributed by atoms with Crippen LogP contribution in [0.4, 0.5) is 0 Å². The zero-order valence-electron chi connectivity index (χ0n) is 8.30. The van der Waals surface area contributed by atoms with Crippen molar-refractivity contribution >= 4 is 0 Å². The minimum Gasteiger partial charge on any atom is -0.487 e. The predicted molar refractivity (Wildman–Crippen MR) is 53.1 cm³/mol. The van der Waals surface area contributed by atoms with Crippen molar-refractivity contribution in [3.8, 4) is 0 Å². The van der Waals surface area contributed by atoms with Crippen LogP contribution in [0.5, 0.6) is 0 Å². The molecule has 1 aliphatic rings. The highest BCUT2D eigenvalue weighted by atomic mass is 16.6. The first kappa shape index (κ1) is 9.90. The maximum Gasteiger partial charge on any atom is 0.164 e. The lowest BCUT2D eigenvalue weighted by Crippen LogP contribution is -2.16. The lowest BCUT2D eigenvalue weighted by atomic mass is 10.0. The second-order valence-corrected chi connectivity index (χ2v) is 3.26. The number of allylic oxidation sites excluding steroid dienone is 2. The van der Waals surface area contributed by atoms with Crippen LogP contribution in [0.25, 0.3) is 0 Å². The summed E-state index contributed by atoms with van der Waals surface area (Å²) in [5, 5.41) is 0. The molecule has 0 N–H and O–H groups in total. The van der Waals surface area contributed by atoms with Gasteiger partial charge in [-0.3, -0.25) is 0 Å². The number of ether oxygens (including phenoxy) is 2. The third-order valence-electron chi connectivity index (χ3n) is 1.96. The fourth-order valence-corrected chi connectivity index (χ4v) is 1.29. The third-order valence-corrected chi connectivity index (χ3v) is 1.96. The largest absolute Gasteiger partial charge is 0.487 e. The Hall–Kier alpha value is -1.18. The van der Waals surface area contributed by atoms with E-state index in [1.165, 1.54) is 0 Å². The van der Waals surface area contributed by atoms with Gasteiger partial charge in [0.15, 0.2) is 11.5 Å². The van der Waals surface area contributed by atoms with Crippen LogP contribution in [0.3, 0.4) is 0 Å². The molecule has 0 aliphatic carbocycles. The van der Waals surface area contributed by atoms with E-state index in [4.69, 9.17) is 9.47 Å². The summed E-state index contributed by atoms with van der Waals surface area (Å²) >= 11 is 0. The maximum absolute atomic E-state index is 5.49. The van der Waals surface area contributed by atoms with Crippen LogP contribution in [-0.2, 0) is 9.47 Å². The van der Waals surface area contributed by atoms with E-state index in [2.05, 4.69) is 27.0 Å². The normalized spacial score (nSPS) is 20.7. The lowest BCUT2D eigenvalue weighted by Gasteiger charge is -2.23. The van der Waals surface area contributed by atoms with Crippen LogP contribution in [0.2, 0.25) is 0 Å². The Kier molecular flexibility index (Phi) is 3.18. The molecule has 0 aromatic rings. The molecule has 0 spiro atoms. The van der Waals surface area contributed by atoms with Crippen LogP contribution in [0, 0.1) is 5.92 Å². The molecule has 0 bridgehead atoms. The minimum absolute atomic E-state index is 0.381. The molecule has 72 valence electrons. The Labute approximate surface area is 79.5 Å². The van der Waals surface area contributed by atoms with Crippen molar-refractivity contribution < 1.29 is 9.47 Å². The van der Waals surface area contributed by atoms with E-state index in [1.54, 1.807) is 6.08 Å². The smallest absolute Gasteiger partial charge is 0.164 e. The first-order valence-electron chi connectivity index (χ1n) is 4.48. The second-order valence-electron chi connectivity index (χ2n) is 3.26. The molecular formula is C11H16O2. The molecule has 1 fully saturated rings. The van der Waals surface area contributed by atoms with E-state index >= 15 is 0 Å². The molecule has 0 unspecified atom stereocenters. The highest BCUT2D eigenvalue weighted by Crippen LogP contribution is 2.25. The Morgan fingerprint density at radius 1 is 1.38 bits per heavy atom. The topological polar surface area (TPSA) is 18.5 Å². The van der Waals surface area contributed by atoms with E-state index in [0.717, 1.165) is 11.3 Å². The zero-order valence-corrected chi connectivity index (χ0v) is 8.30. The van der Waals surface area contributed by atoms with Crippen molar-refractivity contribution in [2.75, 3.05) is 13.2 Å². The number of hydrogen-bond acceptors (Lipinski definition) is 2. The quantitative estimate of drug-likeness (QED) is 0.650. The molecule has 0 aromatic carbocycles. The molecule has 13 heavy (non-hydrogen) atoms. The molecule has 2 nitrogen and oxygen atoms in total. The first-order chi connectivity index (χ1) is 6.16. The van der Waals surface area contributed by atoms with Gasteiger partial charge >= 0.3 is 0 Å². The molecule has 2 heteroatoms. The van der Waals surface area contributed by atoms with Gasteiger partial charge in [-0.2, -0.15) is 0 Å². The predicted octanol–water partition coefficient (Wildman–Crippen LogP) is 2.64. The van der Waals surface area contributed by atoms with Crippen molar-refractivity contribution in [1.29, 1.82) is 0 Å². The summed E-state index contributed by atoms with van der Waals surface area (Å²) in [6.45, 7) is 12.9. The summed E-state index contributed by atoms with van der Waals surface area (Å²) in [5.74, 6) is 1.76. The SMILES string of the molecule is C=C/C(=C1/OCCOC1=C)C(C)C. The first-order valence-corrected chi connectivity index (χ1v) is 4.48. The molecule has 0 amide bonds. The van der Waals surface area contributed by atoms with Crippen LogP contribution in [0.15, 0.2) is 36.3 Å². The summed E-state index contributed by atoms with van der Waals surface area (Å²) in [6, 6.07) is 0. The van der Waals surface area contributed by atoms with E-state index in [9.17, 15) is 0 Å². The highest BCUT2D eigenvalue weighted by molar-refractivity contribution is 5.32. The van der Waals surface area contributed by atoms with Crippen LogP contribution in [0.1, 0.15) is 13.8 Å². The molecule has 0 radical (unpaired) electrons. The molecule has 1 aliphatic heterocycles. The number of hydrogen-bond donors (Lipinski definition) is 0. The number of rotatable bonds is 2. The van der Waals surface area contributed by atoms with Crippen molar-refractivity contribution in [2.45, 2.75) is 13.8 Å². The van der Waals surface area contributed by atoms with E-state index in [-0.39, 0.29) is 0 Å². The van der Waals surface area contributed by atoms with Gasteiger partial charge in [0.2, 0.25) is 0 Å². The Morgan fingerprint density at radius 3 is 2.46 bits per heavy atom.